The summed E-state index contributed by atoms with van der Waals surface area (Å²) in [4.78, 5) is 15.8. The van der Waals surface area contributed by atoms with Crippen molar-refractivity contribution in [2.24, 2.45) is 0 Å². The molecule has 0 aliphatic heterocycles. The second-order valence-electron chi connectivity index (χ2n) is 4.39. The Balaban J connectivity index is 1.88. The Hall–Kier alpha value is -2.42. The van der Waals surface area contributed by atoms with Gasteiger partial charge < -0.3 is 4.42 Å². The third kappa shape index (κ3) is 2.55. The molecule has 3 nitrogen and oxygen atoms in total. The second kappa shape index (κ2) is 5.06. The van der Waals surface area contributed by atoms with Gasteiger partial charge in [0, 0.05) is 6.42 Å². The molecule has 94 valence electrons. The van der Waals surface area contributed by atoms with Gasteiger partial charge in [-0.2, -0.15) is 4.98 Å². The smallest absolute Gasteiger partial charge is 0.283 e. The van der Waals surface area contributed by atoms with Crippen LogP contribution in [0.25, 0.3) is 11.0 Å². The van der Waals surface area contributed by atoms with Crippen LogP contribution in [-0.2, 0) is 12.8 Å². The molecule has 0 bridgehead atoms. The van der Waals surface area contributed by atoms with Crippen LogP contribution in [0.1, 0.15) is 11.5 Å². The zero-order valence-electron chi connectivity index (χ0n) is 10.4. The van der Waals surface area contributed by atoms with Crippen LogP contribution in [0.3, 0.4) is 0 Å². The van der Waals surface area contributed by atoms with Crippen molar-refractivity contribution in [3.8, 4) is 0 Å². The number of benzene rings is 2. The predicted molar refractivity (Wildman–Crippen MR) is 74.1 cm³/mol. The number of fused-ring (bicyclic) bond motifs is 1. The van der Waals surface area contributed by atoms with E-state index in [1.807, 2.05) is 30.3 Å². The zero-order chi connectivity index (χ0) is 13.1. The Morgan fingerprint density at radius 3 is 2.47 bits per heavy atom. The highest BCUT2D eigenvalue weighted by molar-refractivity contribution is 5.74. The summed E-state index contributed by atoms with van der Waals surface area (Å²) in [6, 6.07) is 17.3. The molecule has 0 atom stereocenters. The van der Waals surface area contributed by atoms with Crippen molar-refractivity contribution in [3.05, 3.63) is 76.4 Å². The summed E-state index contributed by atoms with van der Waals surface area (Å²) in [7, 11) is 0. The fourth-order valence-corrected chi connectivity index (χ4v) is 2.06. The SMILES string of the molecule is O=c1nc(CCc2ccccc2)oc2ccccc12. The first kappa shape index (κ1) is 11.7. The molecule has 1 heterocycles. The van der Waals surface area contributed by atoms with E-state index in [4.69, 9.17) is 4.42 Å². The van der Waals surface area contributed by atoms with Crippen LogP contribution in [0.5, 0.6) is 0 Å². The van der Waals surface area contributed by atoms with Gasteiger partial charge in [-0.3, -0.25) is 4.79 Å². The monoisotopic (exact) mass is 251 g/mol. The van der Waals surface area contributed by atoms with Crippen LogP contribution < -0.4 is 5.56 Å². The Kier molecular flexibility index (Phi) is 3.11. The van der Waals surface area contributed by atoms with Gasteiger partial charge in [-0.1, -0.05) is 42.5 Å². The molecule has 0 unspecified atom stereocenters. The molecule has 0 amide bonds. The number of hydrogen-bond acceptors (Lipinski definition) is 3. The van der Waals surface area contributed by atoms with Gasteiger partial charge in [-0.05, 0) is 24.1 Å². The zero-order valence-corrected chi connectivity index (χ0v) is 10.4. The molecule has 3 aromatic rings. The molecule has 0 radical (unpaired) electrons. The Morgan fingerprint density at radius 1 is 0.895 bits per heavy atom. The van der Waals surface area contributed by atoms with Crippen molar-refractivity contribution in [1.82, 2.24) is 4.98 Å². The summed E-state index contributed by atoms with van der Waals surface area (Å²) in [5.41, 5.74) is 1.59. The van der Waals surface area contributed by atoms with Crippen molar-refractivity contribution >= 4 is 11.0 Å². The average molecular weight is 251 g/mol. The highest BCUT2D eigenvalue weighted by atomic mass is 16.3. The molecule has 0 saturated heterocycles. The van der Waals surface area contributed by atoms with Crippen LogP contribution in [0.4, 0.5) is 0 Å². The lowest BCUT2D eigenvalue weighted by atomic mass is 10.1. The molecular weight excluding hydrogens is 238 g/mol. The predicted octanol–water partition coefficient (Wildman–Crippen LogP) is 2.97. The van der Waals surface area contributed by atoms with Gasteiger partial charge in [0.25, 0.3) is 5.56 Å². The summed E-state index contributed by atoms with van der Waals surface area (Å²) in [5.74, 6) is 0.493. The topological polar surface area (TPSA) is 43.1 Å². The molecule has 0 spiro atoms. The van der Waals surface area contributed by atoms with Crippen molar-refractivity contribution in [3.63, 3.8) is 0 Å². The van der Waals surface area contributed by atoms with E-state index in [2.05, 4.69) is 17.1 Å². The van der Waals surface area contributed by atoms with Gasteiger partial charge in [0.1, 0.15) is 5.58 Å². The van der Waals surface area contributed by atoms with E-state index in [9.17, 15) is 4.79 Å². The number of aryl methyl sites for hydroxylation is 2. The summed E-state index contributed by atoms with van der Waals surface area (Å²) in [6.45, 7) is 0. The quantitative estimate of drug-likeness (QED) is 0.718. The standard InChI is InChI=1S/C16H13NO2/c18-16-13-8-4-5-9-14(13)19-15(17-16)11-10-12-6-2-1-3-7-12/h1-9H,10-11H2. The molecule has 3 rings (SSSR count). The van der Waals surface area contributed by atoms with Crippen LogP contribution in [0, 0.1) is 0 Å². The van der Waals surface area contributed by atoms with Crippen LogP contribution in [0.15, 0.2) is 63.8 Å². The first-order valence-corrected chi connectivity index (χ1v) is 6.25. The van der Waals surface area contributed by atoms with E-state index in [-0.39, 0.29) is 5.56 Å². The third-order valence-electron chi connectivity index (χ3n) is 3.04. The lowest BCUT2D eigenvalue weighted by molar-refractivity contribution is 0.503. The maximum absolute atomic E-state index is 11.8. The normalized spacial score (nSPS) is 10.7. The molecule has 0 aliphatic rings. The third-order valence-corrected chi connectivity index (χ3v) is 3.04. The van der Waals surface area contributed by atoms with Gasteiger partial charge in [0.15, 0.2) is 5.89 Å². The summed E-state index contributed by atoms with van der Waals surface area (Å²) >= 11 is 0. The van der Waals surface area contributed by atoms with Gasteiger partial charge in [0.2, 0.25) is 0 Å². The second-order valence-corrected chi connectivity index (χ2v) is 4.39. The summed E-state index contributed by atoms with van der Waals surface area (Å²) < 4.78 is 5.65. The minimum absolute atomic E-state index is 0.218. The molecular formula is C16H13NO2. The van der Waals surface area contributed by atoms with Gasteiger partial charge in [-0.25, -0.2) is 0 Å². The fourth-order valence-electron chi connectivity index (χ4n) is 2.06. The van der Waals surface area contributed by atoms with Gasteiger partial charge in [-0.15, -0.1) is 0 Å². The summed E-state index contributed by atoms with van der Waals surface area (Å²) in [6.07, 6.45) is 1.44. The average Bonchev–Trinajstić information content (AvgIpc) is 2.46. The number of hydrogen-bond donors (Lipinski definition) is 0. The Morgan fingerprint density at radius 2 is 1.63 bits per heavy atom. The van der Waals surface area contributed by atoms with Gasteiger partial charge in [0.05, 0.1) is 5.39 Å². The number of aromatic nitrogens is 1. The molecule has 0 N–H and O–H groups in total. The molecule has 19 heavy (non-hydrogen) atoms. The Labute approximate surface area is 110 Å². The number of nitrogens with zero attached hydrogens (tertiary/aromatic N) is 1. The van der Waals surface area contributed by atoms with Crippen molar-refractivity contribution in [2.75, 3.05) is 0 Å². The molecule has 2 aromatic carbocycles. The fraction of sp³-hybridized carbons (Fsp3) is 0.125. The molecule has 0 aliphatic carbocycles. The van der Waals surface area contributed by atoms with E-state index in [1.54, 1.807) is 12.1 Å². The van der Waals surface area contributed by atoms with Crippen molar-refractivity contribution in [2.45, 2.75) is 12.8 Å². The summed E-state index contributed by atoms with van der Waals surface area (Å²) in [5, 5.41) is 0.533. The van der Waals surface area contributed by atoms with Crippen LogP contribution >= 0.6 is 0 Å². The minimum atomic E-state index is -0.218. The first-order chi connectivity index (χ1) is 9.33. The molecule has 0 saturated carbocycles. The van der Waals surface area contributed by atoms with Crippen molar-refractivity contribution in [1.29, 1.82) is 0 Å². The Bertz CT molecular complexity index is 747. The van der Waals surface area contributed by atoms with Gasteiger partial charge >= 0.3 is 0 Å². The van der Waals surface area contributed by atoms with Crippen molar-refractivity contribution < 1.29 is 4.42 Å². The van der Waals surface area contributed by atoms with Crippen LogP contribution in [0.2, 0.25) is 0 Å². The maximum Gasteiger partial charge on any atom is 0.283 e. The van der Waals surface area contributed by atoms with Crippen LogP contribution in [-0.4, -0.2) is 4.98 Å². The largest absolute Gasteiger partial charge is 0.442 e. The number of para-hydroxylation sites is 1. The molecule has 0 fully saturated rings. The lowest BCUT2D eigenvalue weighted by Crippen LogP contribution is -2.09. The minimum Gasteiger partial charge on any atom is -0.442 e. The highest BCUT2D eigenvalue weighted by Gasteiger charge is 2.05. The lowest BCUT2D eigenvalue weighted by Gasteiger charge is -2.02. The van der Waals surface area contributed by atoms with E-state index in [1.165, 1.54) is 5.56 Å². The molecule has 1 aromatic heterocycles. The van der Waals surface area contributed by atoms with E-state index >= 15 is 0 Å². The highest BCUT2D eigenvalue weighted by Crippen LogP contribution is 2.11. The number of rotatable bonds is 3. The van der Waals surface area contributed by atoms with E-state index in [0.717, 1.165) is 6.42 Å². The van der Waals surface area contributed by atoms with E-state index in [0.29, 0.717) is 23.3 Å². The maximum atomic E-state index is 11.8. The molecule has 3 heteroatoms. The van der Waals surface area contributed by atoms with E-state index < -0.39 is 0 Å². The first-order valence-electron chi connectivity index (χ1n) is 6.25.